The first-order chi connectivity index (χ1) is 7.60. The van der Waals surface area contributed by atoms with Crippen LogP contribution >= 0.6 is 0 Å². The Morgan fingerprint density at radius 1 is 1.19 bits per heavy atom. The Kier molecular flexibility index (Phi) is 4.40. The summed E-state index contributed by atoms with van der Waals surface area (Å²) in [4.78, 5) is 13.2. The molecule has 0 radical (unpaired) electrons. The zero-order valence-electron chi connectivity index (χ0n) is 9.46. The van der Waals surface area contributed by atoms with Gasteiger partial charge in [-0.3, -0.25) is 4.79 Å². The minimum atomic E-state index is -0.666. The van der Waals surface area contributed by atoms with E-state index in [1.165, 1.54) is 6.07 Å². The maximum atomic E-state index is 13.3. The Morgan fingerprint density at radius 3 is 2.12 bits per heavy atom. The molecule has 0 unspecified atom stereocenters. The van der Waals surface area contributed by atoms with Gasteiger partial charge in [-0.25, -0.2) is 8.78 Å². The molecule has 0 atom stereocenters. The van der Waals surface area contributed by atoms with Gasteiger partial charge in [-0.15, -0.1) is 0 Å². The zero-order chi connectivity index (χ0) is 12.1. The van der Waals surface area contributed by atoms with Gasteiger partial charge in [0, 0.05) is 18.7 Å². The summed E-state index contributed by atoms with van der Waals surface area (Å²) < 4.78 is 26.5. The van der Waals surface area contributed by atoms with Crippen molar-refractivity contribution in [1.29, 1.82) is 0 Å². The third-order valence-electron chi connectivity index (χ3n) is 2.51. The highest BCUT2D eigenvalue weighted by Gasteiger charge is 2.16. The summed E-state index contributed by atoms with van der Waals surface area (Å²) in [5, 5.41) is 0. The van der Waals surface area contributed by atoms with Gasteiger partial charge in [-0.1, -0.05) is 6.07 Å². The van der Waals surface area contributed by atoms with E-state index in [4.69, 9.17) is 0 Å². The summed E-state index contributed by atoms with van der Waals surface area (Å²) in [5.41, 5.74) is -0.153. The quantitative estimate of drug-likeness (QED) is 0.773. The van der Waals surface area contributed by atoms with Crippen molar-refractivity contribution in [3.63, 3.8) is 0 Å². The Hall–Kier alpha value is -1.45. The van der Waals surface area contributed by atoms with Crippen molar-refractivity contribution < 1.29 is 13.6 Å². The highest BCUT2D eigenvalue weighted by Crippen LogP contribution is 2.13. The van der Waals surface area contributed by atoms with Gasteiger partial charge in [0.1, 0.15) is 11.6 Å². The molecule has 1 amide bonds. The largest absolute Gasteiger partial charge is 0.343 e. The average Bonchev–Trinajstić information content (AvgIpc) is 2.25. The Bertz CT molecular complexity index is 355. The van der Waals surface area contributed by atoms with Gasteiger partial charge in [0.15, 0.2) is 0 Å². The molecular formula is C12H15F2NO. The van der Waals surface area contributed by atoms with Crippen LogP contribution in [0.5, 0.6) is 0 Å². The molecule has 0 bridgehead atoms. The molecule has 0 aromatic heterocycles. The van der Waals surface area contributed by atoms with Crippen LogP contribution in [0, 0.1) is 11.6 Å². The van der Waals surface area contributed by atoms with Gasteiger partial charge >= 0.3 is 0 Å². The lowest BCUT2D eigenvalue weighted by molar-refractivity contribution is -0.130. The molecule has 0 saturated heterocycles. The number of benzene rings is 1. The molecule has 2 nitrogen and oxygen atoms in total. The molecule has 1 aromatic rings. The fourth-order valence-corrected chi connectivity index (χ4v) is 1.54. The SMILES string of the molecule is CCN(CC)C(=O)Cc1c(F)cccc1F. The van der Waals surface area contributed by atoms with Crippen molar-refractivity contribution in [1.82, 2.24) is 4.90 Å². The number of likely N-dealkylation sites (N-methyl/N-ethyl adjacent to an activating group) is 1. The second-order valence-electron chi connectivity index (χ2n) is 3.44. The molecule has 4 heteroatoms. The molecule has 0 N–H and O–H groups in total. The average molecular weight is 227 g/mol. The molecule has 1 rings (SSSR count). The third kappa shape index (κ3) is 2.78. The predicted molar refractivity (Wildman–Crippen MR) is 58.0 cm³/mol. The van der Waals surface area contributed by atoms with Crippen molar-refractivity contribution in [2.24, 2.45) is 0 Å². The predicted octanol–water partition coefficient (Wildman–Crippen LogP) is 2.38. The van der Waals surface area contributed by atoms with E-state index in [0.717, 1.165) is 12.1 Å². The monoisotopic (exact) mass is 227 g/mol. The number of carbonyl (C=O) groups excluding carboxylic acids is 1. The summed E-state index contributed by atoms with van der Waals surface area (Å²) in [5.74, 6) is -1.59. The fourth-order valence-electron chi connectivity index (χ4n) is 1.54. The van der Waals surface area contributed by atoms with Gasteiger partial charge in [-0.05, 0) is 26.0 Å². The summed E-state index contributed by atoms with van der Waals surface area (Å²) in [6.45, 7) is 4.76. The van der Waals surface area contributed by atoms with Gasteiger partial charge in [-0.2, -0.15) is 0 Å². The first-order valence-corrected chi connectivity index (χ1v) is 5.30. The van der Waals surface area contributed by atoms with Crippen LogP contribution in [-0.4, -0.2) is 23.9 Å². The molecule has 1 aromatic carbocycles. The fraction of sp³-hybridized carbons (Fsp3) is 0.417. The van der Waals surface area contributed by atoms with Crippen LogP contribution in [0.1, 0.15) is 19.4 Å². The van der Waals surface area contributed by atoms with Crippen molar-refractivity contribution in [2.45, 2.75) is 20.3 Å². The molecule has 0 spiro atoms. The summed E-state index contributed by atoms with van der Waals surface area (Å²) in [6, 6.07) is 3.61. The van der Waals surface area contributed by atoms with Crippen molar-refractivity contribution >= 4 is 5.91 Å². The van der Waals surface area contributed by atoms with E-state index < -0.39 is 11.6 Å². The lowest BCUT2D eigenvalue weighted by atomic mass is 10.1. The topological polar surface area (TPSA) is 20.3 Å². The third-order valence-corrected chi connectivity index (χ3v) is 2.51. The van der Waals surface area contributed by atoms with E-state index in [2.05, 4.69) is 0 Å². The summed E-state index contributed by atoms with van der Waals surface area (Å²) >= 11 is 0. The van der Waals surface area contributed by atoms with Crippen LogP contribution in [0.2, 0.25) is 0 Å². The first-order valence-electron chi connectivity index (χ1n) is 5.30. The van der Waals surface area contributed by atoms with Crippen molar-refractivity contribution in [3.8, 4) is 0 Å². The second kappa shape index (κ2) is 5.58. The van der Waals surface area contributed by atoms with Crippen LogP contribution in [-0.2, 0) is 11.2 Å². The Balaban J connectivity index is 2.84. The minimum Gasteiger partial charge on any atom is -0.343 e. The molecular weight excluding hydrogens is 212 g/mol. The minimum absolute atomic E-state index is 0.153. The van der Waals surface area contributed by atoms with E-state index in [-0.39, 0.29) is 17.9 Å². The second-order valence-corrected chi connectivity index (χ2v) is 3.44. The molecule has 0 aliphatic heterocycles. The maximum absolute atomic E-state index is 13.3. The molecule has 16 heavy (non-hydrogen) atoms. The molecule has 0 heterocycles. The van der Waals surface area contributed by atoms with E-state index >= 15 is 0 Å². The molecule has 0 aliphatic rings. The lowest BCUT2D eigenvalue weighted by Gasteiger charge is -2.18. The summed E-state index contributed by atoms with van der Waals surface area (Å²) in [7, 11) is 0. The van der Waals surface area contributed by atoms with Gasteiger partial charge < -0.3 is 4.90 Å². The first kappa shape index (κ1) is 12.6. The Labute approximate surface area is 93.9 Å². The van der Waals surface area contributed by atoms with E-state index in [9.17, 15) is 13.6 Å². The molecule has 0 saturated carbocycles. The number of nitrogens with zero attached hydrogens (tertiary/aromatic N) is 1. The lowest BCUT2D eigenvalue weighted by Crippen LogP contribution is -2.32. The maximum Gasteiger partial charge on any atom is 0.227 e. The molecule has 0 aliphatic carbocycles. The van der Waals surface area contributed by atoms with Gasteiger partial charge in [0.2, 0.25) is 5.91 Å². The smallest absolute Gasteiger partial charge is 0.227 e. The van der Waals surface area contributed by atoms with Crippen LogP contribution in [0.4, 0.5) is 8.78 Å². The van der Waals surface area contributed by atoms with Gasteiger partial charge in [0.05, 0.1) is 6.42 Å². The number of hydrogen-bond donors (Lipinski definition) is 0. The molecule has 88 valence electrons. The number of carbonyl (C=O) groups is 1. The van der Waals surface area contributed by atoms with E-state index in [1.54, 1.807) is 4.90 Å². The van der Waals surface area contributed by atoms with Crippen LogP contribution < -0.4 is 0 Å². The van der Waals surface area contributed by atoms with Crippen molar-refractivity contribution in [3.05, 3.63) is 35.4 Å². The van der Waals surface area contributed by atoms with E-state index in [0.29, 0.717) is 13.1 Å². The van der Waals surface area contributed by atoms with Gasteiger partial charge in [0.25, 0.3) is 0 Å². The van der Waals surface area contributed by atoms with Crippen molar-refractivity contribution in [2.75, 3.05) is 13.1 Å². The van der Waals surface area contributed by atoms with Crippen LogP contribution in [0.3, 0.4) is 0 Å². The Morgan fingerprint density at radius 2 is 1.69 bits per heavy atom. The normalized spacial score (nSPS) is 10.2. The highest BCUT2D eigenvalue weighted by atomic mass is 19.1. The number of hydrogen-bond acceptors (Lipinski definition) is 1. The standard InChI is InChI=1S/C12H15F2NO/c1-3-15(4-2)12(16)8-9-10(13)6-5-7-11(9)14/h5-7H,3-4,8H2,1-2H3. The number of halogens is 2. The molecule has 0 fully saturated rings. The van der Waals surface area contributed by atoms with Crippen LogP contribution in [0.25, 0.3) is 0 Å². The number of rotatable bonds is 4. The summed E-state index contributed by atoms with van der Waals surface area (Å²) in [6.07, 6.45) is -0.222. The highest BCUT2D eigenvalue weighted by molar-refractivity contribution is 5.78. The zero-order valence-corrected chi connectivity index (χ0v) is 9.46. The number of amides is 1. The van der Waals surface area contributed by atoms with Crippen LogP contribution in [0.15, 0.2) is 18.2 Å². The van der Waals surface area contributed by atoms with E-state index in [1.807, 2.05) is 13.8 Å².